The molecule has 0 aromatic carbocycles. The third-order valence-electron chi connectivity index (χ3n) is 3.25. The lowest BCUT2D eigenvalue weighted by Crippen LogP contribution is -2.45. The zero-order valence-corrected chi connectivity index (χ0v) is 13.2. The average Bonchev–Trinajstić information content (AvgIpc) is 2.36. The van der Waals surface area contributed by atoms with Crippen molar-refractivity contribution < 1.29 is 4.79 Å². The highest BCUT2D eigenvalue weighted by Crippen LogP contribution is 1.99. The van der Waals surface area contributed by atoms with Crippen molar-refractivity contribution in [2.24, 2.45) is 10.9 Å². The third kappa shape index (κ3) is 8.46. The molecule has 5 nitrogen and oxygen atoms in total. The number of nitrogens with zero attached hydrogens (tertiary/aromatic N) is 1. The average molecular weight is 270 g/mol. The van der Waals surface area contributed by atoms with Crippen molar-refractivity contribution in [1.29, 1.82) is 0 Å². The first-order chi connectivity index (χ1) is 8.90. The minimum Gasteiger partial charge on any atom is -0.356 e. The Kier molecular flexibility index (Phi) is 9.00. The van der Waals surface area contributed by atoms with Crippen LogP contribution in [0.1, 0.15) is 47.5 Å². The molecule has 0 rings (SSSR count). The van der Waals surface area contributed by atoms with Gasteiger partial charge in [-0.2, -0.15) is 0 Å². The Morgan fingerprint density at radius 3 is 2.26 bits per heavy atom. The van der Waals surface area contributed by atoms with Crippen LogP contribution in [0.25, 0.3) is 0 Å². The Morgan fingerprint density at radius 2 is 1.79 bits per heavy atom. The molecule has 0 bridgehead atoms. The molecule has 0 spiro atoms. The van der Waals surface area contributed by atoms with Crippen molar-refractivity contribution in [3.05, 3.63) is 0 Å². The summed E-state index contributed by atoms with van der Waals surface area (Å²) in [5.41, 5.74) is 0. The fraction of sp³-hybridized carbons (Fsp3) is 0.857. The van der Waals surface area contributed by atoms with Crippen molar-refractivity contribution in [3.63, 3.8) is 0 Å². The lowest BCUT2D eigenvalue weighted by molar-refractivity contribution is -0.121. The number of hydrogen-bond donors (Lipinski definition) is 3. The summed E-state index contributed by atoms with van der Waals surface area (Å²) in [5, 5.41) is 9.40. The molecular formula is C14H30N4O. The monoisotopic (exact) mass is 270 g/mol. The van der Waals surface area contributed by atoms with Gasteiger partial charge in [-0.05, 0) is 26.2 Å². The molecule has 0 saturated heterocycles. The second-order valence-electron chi connectivity index (χ2n) is 5.30. The van der Waals surface area contributed by atoms with Crippen LogP contribution in [0.15, 0.2) is 4.99 Å². The van der Waals surface area contributed by atoms with Crippen molar-refractivity contribution in [2.45, 2.75) is 59.5 Å². The number of nitrogens with one attached hydrogen (secondary N) is 3. The highest BCUT2D eigenvalue weighted by Gasteiger charge is 2.09. The van der Waals surface area contributed by atoms with Gasteiger partial charge < -0.3 is 16.0 Å². The second-order valence-corrected chi connectivity index (χ2v) is 5.30. The normalized spacial score (nSPS) is 15.0. The molecular weight excluding hydrogens is 240 g/mol. The van der Waals surface area contributed by atoms with Crippen molar-refractivity contribution in [2.75, 3.05) is 13.6 Å². The molecule has 2 atom stereocenters. The minimum atomic E-state index is 0.0780. The third-order valence-corrected chi connectivity index (χ3v) is 3.25. The summed E-state index contributed by atoms with van der Waals surface area (Å²) < 4.78 is 0. The van der Waals surface area contributed by atoms with Crippen LogP contribution < -0.4 is 16.0 Å². The van der Waals surface area contributed by atoms with Gasteiger partial charge in [0.05, 0.1) is 0 Å². The Morgan fingerprint density at radius 1 is 1.16 bits per heavy atom. The van der Waals surface area contributed by atoms with Gasteiger partial charge in [0, 0.05) is 32.1 Å². The lowest BCUT2D eigenvalue weighted by atomic mass is 10.1. The van der Waals surface area contributed by atoms with E-state index in [9.17, 15) is 4.79 Å². The molecule has 0 aromatic heterocycles. The maximum absolute atomic E-state index is 11.6. The molecule has 0 aliphatic rings. The summed E-state index contributed by atoms with van der Waals surface area (Å²) in [7, 11) is 1.74. The van der Waals surface area contributed by atoms with Gasteiger partial charge in [-0.25, -0.2) is 0 Å². The van der Waals surface area contributed by atoms with Gasteiger partial charge in [-0.3, -0.25) is 9.79 Å². The first-order valence-corrected chi connectivity index (χ1v) is 7.17. The highest BCUT2D eigenvalue weighted by atomic mass is 16.1. The first kappa shape index (κ1) is 17.7. The van der Waals surface area contributed by atoms with E-state index in [4.69, 9.17) is 0 Å². The number of aliphatic imine (C=N–C) groups is 1. The number of guanidine groups is 1. The molecule has 0 saturated carbocycles. The van der Waals surface area contributed by atoms with Gasteiger partial charge in [0.1, 0.15) is 0 Å². The summed E-state index contributed by atoms with van der Waals surface area (Å²) in [6, 6.07) is 0.589. The summed E-state index contributed by atoms with van der Waals surface area (Å²) in [6.45, 7) is 11.1. The summed E-state index contributed by atoms with van der Waals surface area (Å²) >= 11 is 0. The molecule has 0 aliphatic heterocycles. The van der Waals surface area contributed by atoms with E-state index in [1.165, 1.54) is 0 Å². The largest absolute Gasteiger partial charge is 0.356 e. The van der Waals surface area contributed by atoms with E-state index in [1.807, 2.05) is 6.92 Å². The van der Waals surface area contributed by atoms with Crippen LogP contribution in [-0.2, 0) is 4.79 Å². The fourth-order valence-electron chi connectivity index (χ4n) is 1.32. The maximum atomic E-state index is 11.6. The first-order valence-electron chi connectivity index (χ1n) is 7.17. The Labute approximate surface area is 117 Å². The maximum Gasteiger partial charge on any atom is 0.221 e. The van der Waals surface area contributed by atoms with Gasteiger partial charge in [-0.1, -0.05) is 20.8 Å². The molecule has 1 amide bonds. The smallest absolute Gasteiger partial charge is 0.221 e. The zero-order chi connectivity index (χ0) is 14.8. The molecule has 0 fully saturated rings. The SMILES string of the molecule is CCC(C)NC(=O)CCNC(=NC)NC(C)C(C)C. The van der Waals surface area contributed by atoms with E-state index in [0.29, 0.717) is 24.9 Å². The zero-order valence-electron chi connectivity index (χ0n) is 13.2. The topological polar surface area (TPSA) is 65.5 Å². The van der Waals surface area contributed by atoms with Crippen LogP contribution in [0.3, 0.4) is 0 Å². The number of hydrogen-bond acceptors (Lipinski definition) is 2. The van der Waals surface area contributed by atoms with Crippen LogP contribution in [0.2, 0.25) is 0 Å². The van der Waals surface area contributed by atoms with E-state index in [0.717, 1.165) is 12.4 Å². The number of amides is 1. The predicted octanol–water partition coefficient (Wildman–Crippen LogP) is 1.50. The van der Waals surface area contributed by atoms with Crippen LogP contribution >= 0.6 is 0 Å². The molecule has 0 radical (unpaired) electrons. The number of rotatable bonds is 7. The van der Waals surface area contributed by atoms with Gasteiger partial charge >= 0.3 is 0 Å². The number of carbonyl (C=O) groups excluding carboxylic acids is 1. The van der Waals surface area contributed by atoms with Gasteiger partial charge in [0.25, 0.3) is 0 Å². The van der Waals surface area contributed by atoms with Crippen molar-refractivity contribution in [3.8, 4) is 0 Å². The Bertz CT molecular complexity index is 289. The molecule has 0 aliphatic carbocycles. The molecule has 2 unspecified atom stereocenters. The molecule has 5 heteroatoms. The van der Waals surface area contributed by atoms with Crippen LogP contribution in [0.4, 0.5) is 0 Å². The Balaban J connectivity index is 3.94. The van der Waals surface area contributed by atoms with Crippen LogP contribution in [-0.4, -0.2) is 37.5 Å². The molecule has 0 aromatic rings. The highest BCUT2D eigenvalue weighted by molar-refractivity contribution is 5.81. The summed E-state index contributed by atoms with van der Waals surface area (Å²) in [5.74, 6) is 1.36. The Hall–Kier alpha value is -1.26. The van der Waals surface area contributed by atoms with E-state index < -0.39 is 0 Å². The predicted molar refractivity (Wildman–Crippen MR) is 81.3 cm³/mol. The van der Waals surface area contributed by atoms with E-state index in [1.54, 1.807) is 7.05 Å². The van der Waals surface area contributed by atoms with Gasteiger partial charge in [-0.15, -0.1) is 0 Å². The van der Waals surface area contributed by atoms with E-state index >= 15 is 0 Å². The fourth-order valence-corrected chi connectivity index (χ4v) is 1.32. The van der Waals surface area contributed by atoms with Crippen molar-refractivity contribution >= 4 is 11.9 Å². The lowest BCUT2D eigenvalue weighted by Gasteiger charge is -2.20. The van der Waals surface area contributed by atoms with E-state index in [2.05, 4.69) is 48.6 Å². The summed E-state index contributed by atoms with van der Waals surface area (Å²) in [4.78, 5) is 15.7. The quantitative estimate of drug-likeness (QED) is 0.485. The van der Waals surface area contributed by atoms with Crippen molar-refractivity contribution in [1.82, 2.24) is 16.0 Å². The van der Waals surface area contributed by atoms with Crippen LogP contribution in [0.5, 0.6) is 0 Å². The van der Waals surface area contributed by atoms with E-state index in [-0.39, 0.29) is 11.9 Å². The minimum absolute atomic E-state index is 0.0780. The standard InChI is InChI=1S/C14H30N4O/c1-7-11(4)17-13(19)8-9-16-14(15-6)18-12(5)10(2)3/h10-12H,7-9H2,1-6H3,(H,17,19)(H2,15,16,18). The van der Waals surface area contributed by atoms with Gasteiger partial charge in [0.15, 0.2) is 5.96 Å². The molecule has 19 heavy (non-hydrogen) atoms. The molecule has 0 heterocycles. The van der Waals surface area contributed by atoms with Crippen LogP contribution in [0, 0.1) is 5.92 Å². The number of carbonyl (C=O) groups is 1. The molecule has 3 N–H and O–H groups in total. The molecule has 112 valence electrons. The second kappa shape index (κ2) is 9.64. The summed E-state index contributed by atoms with van der Waals surface area (Å²) in [6.07, 6.45) is 1.41. The van der Waals surface area contributed by atoms with Gasteiger partial charge in [0.2, 0.25) is 5.91 Å².